The Morgan fingerprint density at radius 2 is 2.21 bits per heavy atom. The van der Waals surface area contributed by atoms with Gasteiger partial charge in [0.05, 0.1) is 6.42 Å². The van der Waals surface area contributed by atoms with Crippen molar-refractivity contribution in [1.82, 2.24) is 5.32 Å². The van der Waals surface area contributed by atoms with Crippen molar-refractivity contribution in [1.29, 1.82) is 0 Å². The van der Waals surface area contributed by atoms with E-state index in [1.165, 1.54) is 0 Å². The molecule has 1 rings (SSSR count). The minimum Gasteiger partial charge on any atom is -0.356 e. The molecule has 0 atom stereocenters. The van der Waals surface area contributed by atoms with E-state index in [1.807, 2.05) is 32.0 Å². The maximum absolute atomic E-state index is 11.3. The second kappa shape index (κ2) is 5.15. The lowest BCUT2D eigenvalue weighted by Gasteiger charge is -2.04. The van der Waals surface area contributed by atoms with Gasteiger partial charge in [0, 0.05) is 11.0 Å². The van der Waals surface area contributed by atoms with Gasteiger partial charge in [-0.2, -0.15) is 0 Å². The first kappa shape index (κ1) is 11.2. The first-order valence-electron chi connectivity index (χ1n) is 4.65. The zero-order valence-electron chi connectivity index (χ0n) is 8.43. The lowest BCUT2D eigenvalue weighted by atomic mass is 10.1. The summed E-state index contributed by atoms with van der Waals surface area (Å²) in [6.07, 6.45) is 0.460. The van der Waals surface area contributed by atoms with Crippen LogP contribution in [0.2, 0.25) is 0 Å². The average molecular weight is 256 g/mol. The van der Waals surface area contributed by atoms with Crippen molar-refractivity contribution in [2.24, 2.45) is 0 Å². The van der Waals surface area contributed by atoms with Crippen molar-refractivity contribution in [3.05, 3.63) is 33.8 Å². The minimum atomic E-state index is 0.0780. The van der Waals surface area contributed by atoms with E-state index in [4.69, 9.17) is 0 Å². The van der Waals surface area contributed by atoms with E-state index in [9.17, 15) is 4.79 Å². The molecule has 0 unspecified atom stereocenters. The van der Waals surface area contributed by atoms with Crippen molar-refractivity contribution in [3.8, 4) is 0 Å². The van der Waals surface area contributed by atoms with Gasteiger partial charge in [-0.25, -0.2) is 0 Å². The van der Waals surface area contributed by atoms with Gasteiger partial charge in [-0.15, -0.1) is 0 Å². The Morgan fingerprint density at radius 3 is 2.79 bits per heavy atom. The highest BCUT2D eigenvalue weighted by Crippen LogP contribution is 2.17. The second-order valence-corrected chi connectivity index (χ2v) is 4.07. The number of nitrogens with one attached hydrogen (secondary N) is 1. The summed E-state index contributed by atoms with van der Waals surface area (Å²) >= 11 is 3.43. The summed E-state index contributed by atoms with van der Waals surface area (Å²) in [5.74, 6) is 0.0780. The number of amides is 1. The molecule has 0 aliphatic rings. The van der Waals surface area contributed by atoms with Gasteiger partial charge >= 0.3 is 0 Å². The number of carbonyl (C=O) groups excluding carboxylic acids is 1. The fourth-order valence-corrected chi connectivity index (χ4v) is 1.51. The Labute approximate surface area is 92.8 Å². The summed E-state index contributed by atoms with van der Waals surface area (Å²) in [6, 6.07) is 5.97. The van der Waals surface area contributed by atoms with Gasteiger partial charge in [0.2, 0.25) is 5.91 Å². The first-order chi connectivity index (χ1) is 6.63. The van der Waals surface area contributed by atoms with Gasteiger partial charge in [-0.1, -0.05) is 28.1 Å². The maximum atomic E-state index is 11.3. The molecule has 1 N–H and O–H groups in total. The van der Waals surface area contributed by atoms with Crippen LogP contribution in [0, 0.1) is 6.92 Å². The van der Waals surface area contributed by atoms with Crippen molar-refractivity contribution in [3.63, 3.8) is 0 Å². The molecule has 14 heavy (non-hydrogen) atoms. The molecular weight excluding hydrogens is 242 g/mol. The van der Waals surface area contributed by atoms with Crippen LogP contribution in [-0.2, 0) is 11.2 Å². The predicted molar refractivity (Wildman–Crippen MR) is 61.3 cm³/mol. The molecule has 76 valence electrons. The molecule has 1 amide bonds. The van der Waals surface area contributed by atoms with Crippen LogP contribution in [0.25, 0.3) is 0 Å². The Bertz CT molecular complexity index is 336. The van der Waals surface area contributed by atoms with Gasteiger partial charge in [0.1, 0.15) is 0 Å². The van der Waals surface area contributed by atoms with Crippen molar-refractivity contribution in [2.45, 2.75) is 20.3 Å². The van der Waals surface area contributed by atoms with Crippen LogP contribution in [0.15, 0.2) is 22.7 Å². The largest absolute Gasteiger partial charge is 0.356 e. The van der Waals surface area contributed by atoms with Gasteiger partial charge in [0.25, 0.3) is 0 Å². The van der Waals surface area contributed by atoms with Gasteiger partial charge < -0.3 is 5.32 Å². The molecule has 0 radical (unpaired) electrons. The molecule has 0 bridgehead atoms. The molecule has 0 fully saturated rings. The van der Waals surface area contributed by atoms with E-state index >= 15 is 0 Å². The zero-order valence-corrected chi connectivity index (χ0v) is 10.0. The van der Waals surface area contributed by atoms with E-state index < -0.39 is 0 Å². The van der Waals surface area contributed by atoms with Gasteiger partial charge in [-0.05, 0) is 31.0 Å². The second-order valence-electron chi connectivity index (χ2n) is 3.21. The smallest absolute Gasteiger partial charge is 0.224 e. The Balaban J connectivity index is 2.68. The number of carbonyl (C=O) groups is 1. The highest BCUT2D eigenvalue weighted by Gasteiger charge is 2.02. The monoisotopic (exact) mass is 255 g/mol. The molecule has 0 aliphatic carbocycles. The van der Waals surface area contributed by atoms with E-state index in [0.29, 0.717) is 13.0 Å². The van der Waals surface area contributed by atoms with Crippen LogP contribution in [0.1, 0.15) is 18.1 Å². The average Bonchev–Trinajstić information content (AvgIpc) is 2.12. The maximum Gasteiger partial charge on any atom is 0.224 e. The third-order valence-corrected chi connectivity index (χ3v) is 2.85. The SMILES string of the molecule is CCNC(=O)Cc1ccc(Br)c(C)c1. The normalized spacial score (nSPS) is 9.93. The van der Waals surface area contributed by atoms with E-state index in [-0.39, 0.29) is 5.91 Å². The quantitative estimate of drug-likeness (QED) is 0.884. The van der Waals surface area contributed by atoms with Gasteiger partial charge in [0.15, 0.2) is 0 Å². The highest BCUT2D eigenvalue weighted by atomic mass is 79.9. The predicted octanol–water partition coefficient (Wildman–Crippen LogP) is 2.44. The Morgan fingerprint density at radius 1 is 1.50 bits per heavy atom. The van der Waals surface area contributed by atoms with Crippen molar-refractivity contribution < 1.29 is 4.79 Å². The number of benzene rings is 1. The number of likely N-dealkylation sites (N-methyl/N-ethyl adjacent to an activating group) is 1. The van der Waals surface area contributed by atoms with Crippen LogP contribution in [0.4, 0.5) is 0 Å². The summed E-state index contributed by atoms with van der Waals surface area (Å²) in [6.45, 7) is 4.63. The van der Waals surface area contributed by atoms with Crippen LogP contribution in [-0.4, -0.2) is 12.5 Å². The number of halogens is 1. The number of hydrogen-bond acceptors (Lipinski definition) is 1. The van der Waals surface area contributed by atoms with E-state index in [1.54, 1.807) is 0 Å². The van der Waals surface area contributed by atoms with Crippen molar-refractivity contribution >= 4 is 21.8 Å². The summed E-state index contributed by atoms with van der Waals surface area (Å²) in [7, 11) is 0. The minimum absolute atomic E-state index is 0.0780. The summed E-state index contributed by atoms with van der Waals surface area (Å²) < 4.78 is 1.08. The highest BCUT2D eigenvalue weighted by molar-refractivity contribution is 9.10. The molecule has 0 saturated carbocycles. The first-order valence-corrected chi connectivity index (χ1v) is 5.44. The zero-order chi connectivity index (χ0) is 10.6. The topological polar surface area (TPSA) is 29.1 Å². The standard InChI is InChI=1S/C11H14BrNO/c1-3-13-11(14)7-9-4-5-10(12)8(2)6-9/h4-6H,3,7H2,1-2H3,(H,13,14). The summed E-state index contributed by atoms with van der Waals surface area (Å²) in [5.41, 5.74) is 2.21. The lowest BCUT2D eigenvalue weighted by Crippen LogP contribution is -2.24. The summed E-state index contributed by atoms with van der Waals surface area (Å²) in [5, 5.41) is 2.78. The lowest BCUT2D eigenvalue weighted by molar-refractivity contribution is -0.120. The fraction of sp³-hybridized carbons (Fsp3) is 0.364. The van der Waals surface area contributed by atoms with Gasteiger partial charge in [-0.3, -0.25) is 4.79 Å². The Hall–Kier alpha value is -0.830. The van der Waals surface area contributed by atoms with Crippen LogP contribution < -0.4 is 5.32 Å². The third kappa shape index (κ3) is 3.14. The fourth-order valence-electron chi connectivity index (χ4n) is 1.26. The molecule has 0 aliphatic heterocycles. The molecule has 1 aromatic rings. The van der Waals surface area contributed by atoms with Crippen LogP contribution in [0.3, 0.4) is 0 Å². The van der Waals surface area contributed by atoms with Crippen LogP contribution >= 0.6 is 15.9 Å². The number of aryl methyl sites for hydroxylation is 1. The molecular formula is C11H14BrNO. The molecule has 0 heterocycles. The van der Waals surface area contributed by atoms with E-state index in [0.717, 1.165) is 15.6 Å². The van der Waals surface area contributed by atoms with E-state index in [2.05, 4.69) is 21.2 Å². The summed E-state index contributed by atoms with van der Waals surface area (Å²) in [4.78, 5) is 11.3. The number of rotatable bonds is 3. The molecule has 0 saturated heterocycles. The molecule has 3 heteroatoms. The molecule has 1 aromatic carbocycles. The Kier molecular flexibility index (Phi) is 4.14. The van der Waals surface area contributed by atoms with Crippen molar-refractivity contribution in [2.75, 3.05) is 6.54 Å². The van der Waals surface area contributed by atoms with Crippen LogP contribution in [0.5, 0.6) is 0 Å². The number of hydrogen-bond donors (Lipinski definition) is 1. The third-order valence-electron chi connectivity index (χ3n) is 1.96. The molecule has 2 nitrogen and oxygen atoms in total. The molecule has 0 aromatic heterocycles. The molecule has 0 spiro atoms.